The van der Waals surface area contributed by atoms with Crippen LogP contribution in [-0.2, 0) is 9.59 Å². The zero-order valence-corrected chi connectivity index (χ0v) is 19.5. The fourth-order valence-corrected chi connectivity index (χ4v) is 4.44. The number of primary amides is 1. The van der Waals surface area contributed by atoms with Gasteiger partial charge in [0.05, 0.1) is 34.9 Å². The Kier molecular flexibility index (Phi) is 6.45. The van der Waals surface area contributed by atoms with Gasteiger partial charge in [0, 0.05) is 18.4 Å². The van der Waals surface area contributed by atoms with Gasteiger partial charge in [-0.3, -0.25) is 19.4 Å². The number of likely N-dealkylation sites (tertiary alicyclic amines) is 1. The van der Waals surface area contributed by atoms with Crippen LogP contribution in [-0.4, -0.2) is 43.9 Å². The van der Waals surface area contributed by atoms with Crippen molar-refractivity contribution in [3.8, 4) is 5.69 Å². The highest BCUT2D eigenvalue weighted by Gasteiger charge is 2.34. The number of amides is 3. The quantitative estimate of drug-likeness (QED) is 0.580. The van der Waals surface area contributed by atoms with E-state index in [4.69, 9.17) is 5.73 Å². The molecule has 3 amide bonds. The number of piperidine rings is 1. The molecule has 1 aromatic carbocycles. The van der Waals surface area contributed by atoms with E-state index >= 15 is 0 Å². The molecule has 3 heterocycles. The number of pyridine rings is 1. The number of nitrogens with zero attached hydrogens (tertiary/aromatic N) is 4. The summed E-state index contributed by atoms with van der Waals surface area (Å²) in [6.45, 7) is 6.49. The van der Waals surface area contributed by atoms with Gasteiger partial charge in [0.2, 0.25) is 5.91 Å². The second-order valence-corrected chi connectivity index (χ2v) is 8.87. The first-order valence-corrected chi connectivity index (χ1v) is 11.2. The Morgan fingerprint density at radius 3 is 2.59 bits per heavy atom. The number of nitrogens with one attached hydrogen (secondary N) is 1. The summed E-state index contributed by atoms with van der Waals surface area (Å²) in [4.78, 5) is 43.0. The Balaban J connectivity index is 1.59. The monoisotopic (exact) mass is 460 g/mol. The van der Waals surface area contributed by atoms with E-state index in [1.807, 2.05) is 48.9 Å². The van der Waals surface area contributed by atoms with Crippen LogP contribution in [0.4, 0.5) is 5.69 Å². The zero-order valence-electron chi connectivity index (χ0n) is 19.5. The number of hydrogen-bond donors (Lipinski definition) is 2. The minimum Gasteiger partial charge on any atom is -0.366 e. The summed E-state index contributed by atoms with van der Waals surface area (Å²) in [7, 11) is 0. The summed E-state index contributed by atoms with van der Waals surface area (Å²) in [5, 5.41) is 7.11. The molecule has 3 aromatic rings. The molecule has 4 rings (SSSR count). The Morgan fingerprint density at radius 1 is 1.09 bits per heavy atom. The maximum absolute atomic E-state index is 13.2. The second-order valence-electron chi connectivity index (χ2n) is 8.87. The Hall–Kier alpha value is -4.01. The van der Waals surface area contributed by atoms with Crippen LogP contribution in [0, 0.1) is 19.8 Å². The lowest BCUT2D eigenvalue weighted by Crippen LogP contribution is -2.46. The molecule has 9 heteroatoms. The van der Waals surface area contributed by atoms with E-state index in [-0.39, 0.29) is 23.2 Å². The number of benzene rings is 1. The minimum atomic E-state index is -0.780. The second kappa shape index (κ2) is 9.46. The molecule has 0 unspecified atom stereocenters. The summed E-state index contributed by atoms with van der Waals surface area (Å²) in [6, 6.07) is 11.1. The van der Waals surface area contributed by atoms with Crippen molar-refractivity contribution in [3.05, 3.63) is 71.3 Å². The van der Waals surface area contributed by atoms with Gasteiger partial charge in [0.25, 0.3) is 0 Å². The predicted molar refractivity (Wildman–Crippen MR) is 127 cm³/mol. The summed E-state index contributed by atoms with van der Waals surface area (Å²) >= 11 is 0. The van der Waals surface area contributed by atoms with Crippen LogP contribution in [0.3, 0.4) is 0 Å². The Bertz CT molecular complexity index is 1250. The molecule has 34 heavy (non-hydrogen) atoms. The van der Waals surface area contributed by atoms with Crippen molar-refractivity contribution in [2.24, 2.45) is 11.7 Å². The van der Waals surface area contributed by atoms with E-state index in [1.54, 1.807) is 4.90 Å². The highest BCUT2D eigenvalue weighted by Crippen LogP contribution is 2.34. The van der Waals surface area contributed by atoms with E-state index in [9.17, 15) is 14.4 Å². The maximum atomic E-state index is 13.2. The largest absolute Gasteiger partial charge is 0.366 e. The van der Waals surface area contributed by atoms with Crippen molar-refractivity contribution in [3.63, 3.8) is 0 Å². The van der Waals surface area contributed by atoms with Crippen LogP contribution in [0.15, 0.2) is 48.8 Å². The van der Waals surface area contributed by atoms with Crippen LogP contribution in [0.2, 0.25) is 0 Å². The van der Waals surface area contributed by atoms with Crippen LogP contribution in [0.5, 0.6) is 0 Å². The maximum Gasteiger partial charge on any atom is 0.313 e. The summed E-state index contributed by atoms with van der Waals surface area (Å²) in [5.41, 5.74) is 9.48. The molecule has 0 spiro atoms. The molecule has 0 aliphatic carbocycles. The molecule has 0 bridgehead atoms. The van der Waals surface area contributed by atoms with Gasteiger partial charge >= 0.3 is 11.8 Å². The van der Waals surface area contributed by atoms with Crippen LogP contribution in [0.25, 0.3) is 5.69 Å². The molecule has 1 fully saturated rings. The minimum absolute atomic E-state index is 0.149. The lowest BCUT2D eigenvalue weighted by Gasteiger charge is -2.38. The highest BCUT2D eigenvalue weighted by atomic mass is 16.2. The predicted octanol–water partition coefficient (Wildman–Crippen LogP) is 2.92. The third kappa shape index (κ3) is 4.83. The third-order valence-corrected chi connectivity index (χ3v) is 6.06. The van der Waals surface area contributed by atoms with Gasteiger partial charge < -0.3 is 16.0 Å². The fourth-order valence-electron chi connectivity index (χ4n) is 4.44. The zero-order chi connectivity index (χ0) is 24.4. The van der Waals surface area contributed by atoms with Crippen LogP contribution < -0.4 is 11.1 Å². The van der Waals surface area contributed by atoms with Crippen LogP contribution in [0.1, 0.15) is 53.1 Å². The number of nitrogens with two attached hydrogens (primary N) is 1. The molecule has 0 radical (unpaired) electrons. The number of carbonyl (C=O) groups is 3. The Morgan fingerprint density at radius 2 is 1.88 bits per heavy atom. The molecule has 2 atom stereocenters. The first-order chi connectivity index (χ1) is 16.2. The van der Waals surface area contributed by atoms with Crippen molar-refractivity contribution < 1.29 is 14.4 Å². The molecule has 1 saturated heterocycles. The van der Waals surface area contributed by atoms with Gasteiger partial charge in [0.15, 0.2) is 0 Å². The molecule has 9 nitrogen and oxygen atoms in total. The van der Waals surface area contributed by atoms with Crippen LogP contribution >= 0.6 is 0 Å². The first-order valence-electron chi connectivity index (χ1n) is 11.2. The Labute approximate surface area is 198 Å². The average Bonchev–Trinajstić information content (AvgIpc) is 3.16. The average molecular weight is 461 g/mol. The molecule has 0 saturated carbocycles. The van der Waals surface area contributed by atoms with Gasteiger partial charge in [-0.1, -0.05) is 19.1 Å². The standard InChI is InChI=1S/C25H28N6O3/c1-15-7-8-22(18-5-4-6-21(11-18)31-17(3)9-16(2)29-31)30(14-15)25(34)24(33)28-20-10-19(23(26)32)12-27-13-20/h4-6,9-13,15,22H,7-8,14H2,1-3H3,(H2,26,32)(H,28,33)/t15-,22+/m1/s1. The van der Waals surface area contributed by atoms with E-state index in [0.29, 0.717) is 6.54 Å². The topological polar surface area (TPSA) is 123 Å². The molecule has 1 aliphatic heterocycles. The molecule has 1 aliphatic rings. The number of aryl methyl sites for hydroxylation is 2. The molecule has 176 valence electrons. The van der Waals surface area contributed by atoms with Gasteiger partial charge in [-0.15, -0.1) is 0 Å². The summed E-state index contributed by atoms with van der Waals surface area (Å²) < 4.78 is 1.88. The van der Waals surface area contributed by atoms with E-state index in [1.165, 1.54) is 18.5 Å². The fraction of sp³-hybridized carbons (Fsp3) is 0.320. The van der Waals surface area contributed by atoms with Gasteiger partial charge in [0.1, 0.15) is 0 Å². The van der Waals surface area contributed by atoms with Gasteiger partial charge in [-0.2, -0.15) is 5.10 Å². The number of rotatable bonds is 4. The smallest absolute Gasteiger partial charge is 0.313 e. The summed E-state index contributed by atoms with van der Waals surface area (Å²) in [5.74, 6) is -1.80. The normalized spacial score (nSPS) is 17.9. The van der Waals surface area contributed by atoms with E-state index < -0.39 is 17.7 Å². The van der Waals surface area contributed by atoms with Gasteiger partial charge in [-0.05, 0) is 62.4 Å². The van der Waals surface area contributed by atoms with Gasteiger partial charge in [-0.25, -0.2) is 4.68 Å². The third-order valence-electron chi connectivity index (χ3n) is 6.06. The first kappa shape index (κ1) is 23.2. The lowest BCUT2D eigenvalue weighted by molar-refractivity contribution is -0.146. The number of hydrogen-bond acceptors (Lipinski definition) is 5. The molecular weight excluding hydrogens is 432 g/mol. The molecular formula is C25H28N6O3. The van der Waals surface area contributed by atoms with E-state index in [0.717, 1.165) is 35.5 Å². The van der Waals surface area contributed by atoms with Crippen molar-refractivity contribution in [1.82, 2.24) is 19.7 Å². The summed E-state index contributed by atoms with van der Waals surface area (Å²) in [6.07, 6.45) is 4.37. The highest BCUT2D eigenvalue weighted by molar-refractivity contribution is 6.39. The number of aromatic nitrogens is 3. The van der Waals surface area contributed by atoms with Crippen molar-refractivity contribution >= 4 is 23.4 Å². The molecule has 2 aromatic heterocycles. The number of carbonyl (C=O) groups excluding carboxylic acids is 3. The van der Waals surface area contributed by atoms with E-state index in [2.05, 4.69) is 22.3 Å². The SMILES string of the molecule is Cc1cc(C)n(-c2cccc([C@@H]3CC[C@@H](C)CN3C(=O)C(=O)Nc3cncc(C(N)=O)c3)c2)n1. The van der Waals surface area contributed by atoms with Crippen molar-refractivity contribution in [2.45, 2.75) is 39.7 Å². The van der Waals surface area contributed by atoms with Crippen molar-refractivity contribution in [1.29, 1.82) is 0 Å². The molecule has 3 N–H and O–H groups in total. The number of anilines is 1. The van der Waals surface area contributed by atoms with Crippen molar-refractivity contribution in [2.75, 3.05) is 11.9 Å². The lowest BCUT2D eigenvalue weighted by atomic mass is 9.89.